The minimum atomic E-state index is -3.59. The minimum absolute atomic E-state index is 0.268. The van der Waals surface area contributed by atoms with Gasteiger partial charge in [-0.1, -0.05) is 36.4 Å². The maximum Gasteiger partial charge on any atom is 0.241 e. The summed E-state index contributed by atoms with van der Waals surface area (Å²) in [5.74, 6) is 0. The van der Waals surface area contributed by atoms with E-state index >= 15 is 0 Å². The number of rotatable bonds is 3. The largest absolute Gasteiger partial charge is 0.391 e. The van der Waals surface area contributed by atoms with Crippen molar-refractivity contribution in [1.29, 1.82) is 0 Å². The van der Waals surface area contributed by atoms with Gasteiger partial charge in [-0.3, -0.25) is 0 Å². The van der Waals surface area contributed by atoms with Crippen molar-refractivity contribution in [3.8, 4) is 0 Å². The van der Waals surface area contributed by atoms with Crippen molar-refractivity contribution in [1.82, 2.24) is 4.72 Å². The molecule has 1 fully saturated rings. The Morgan fingerprint density at radius 2 is 1.79 bits per heavy atom. The summed E-state index contributed by atoms with van der Waals surface area (Å²) < 4.78 is 27.3. The maximum atomic E-state index is 12.4. The van der Waals surface area contributed by atoms with E-state index in [4.69, 9.17) is 0 Å². The Bertz CT molecular complexity index is 706. The van der Waals surface area contributed by atoms with Gasteiger partial charge in [-0.2, -0.15) is 0 Å². The Labute approximate surface area is 112 Å². The normalized spacial score (nSPS) is 23.2. The van der Waals surface area contributed by atoms with E-state index in [1.165, 1.54) is 0 Å². The second-order valence-corrected chi connectivity index (χ2v) is 6.53. The number of nitrogens with one attached hydrogen (secondary N) is 1. The topological polar surface area (TPSA) is 66.4 Å². The number of hydrogen-bond acceptors (Lipinski definition) is 3. The number of aliphatic hydroxyl groups is 1. The Hall–Kier alpha value is -1.43. The van der Waals surface area contributed by atoms with Crippen LogP contribution in [0.5, 0.6) is 0 Å². The van der Waals surface area contributed by atoms with Crippen molar-refractivity contribution < 1.29 is 13.5 Å². The molecule has 5 heteroatoms. The lowest BCUT2D eigenvalue weighted by atomic mass is 9.90. The molecule has 19 heavy (non-hydrogen) atoms. The van der Waals surface area contributed by atoms with Crippen LogP contribution in [0.25, 0.3) is 10.8 Å². The first-order chi connectivity index (χ1) is 9.08. The summed E-state index contributed by atoms with van der Waals surface area (Å²) in [5, 5.41) is 11.1. The molecule has 4 nitrogen and oxygen atoms in total. The molecule has 0 aliphatic heterocycles. The van der Waals surface area contributed by atoms with Crippen LogP contribution in [0.1, 0.15) is 12.8 Å². The van der Waals surface area contributed by atoms with Gasteiger partial charge in [0.25, 0.3) is 0 Å². The predicted octanol–water partition coefficient (Wildman–Crippen LogP) is 1.64. The SMILES string of the molecule is O=S(=O)(NC1CCC1O)c1cccc2ccccc12. The molecule has 1 aliphatic carbocycles. The fourth-order valence-electron chi connectivity index (χ4n) is 2.31. The van der Waals surface area contributed by atoms with Crippen LogP contribution < -0.4 is 4.72 Å². The van der Waals surface area contributed by atoms with Crippen LogP contribution >= 0.6 is 0 Å². The Balaban J connectivity index is 2.03. The highest BCUT2D eigenvalue weighted by molar-refractivity contribution is 7.89. The molecule has 1 aliphatic rings. The van der Waals surface area contributed by atoms with Gasteiger partial charge in [-0.05, 0) is 24.3 Å². The molecule has 2 atom stereocenters. The van der Waals surface area contributed by atoms with E-state index in [1.54, 1.807) is 18.2 Å². The molecule has 2 unspecified atom stereocenters. The van der Waals surface area contributed by atoms with Crippen molar-refractivity contribution >= 4 is 20.8 Å². The summed E-state index contributed by atoms with van der Waals surface area (Å²) in [6.45, 7) is 0. The van der Waals surface area contributed by atoms with E-state index in [1.807, 2.05) is 24.3 Å². The molecule has 2 aromatic carbocycles. The van der Waals surface area contributed by atoms with E-state index in [2.05, 4.69) is 4.72 Å². The Morgan fingerprint density at radius 1 is 1.05 bits per heavy atom. The highest BCUT2D eigenvalue weighted by Crippen LogP contribution is 2.26. The summed E-state index contributed by atoms with van der Waals surface area (Å²) in [5.41, 5.74) is 0. The molecular weight excluding hydrogens is 262 g/mol. The maximum absolute atomic E-state index is 12.4. The van der Waals surface area contributed by atoms with Gasteiger partial charge in [-0.25, -0.2) is 13.1 Å². The molecule has 1 saturated carbocycles. The average Bonchev–Trinajstić information content (AvgIpc) is 2.42. The van der Waals surface area contributed by atoms with Gasteiger partial charge in [0.2, 0.25) is 10.0 Å². The summed E-state index contributed by atoms with van der Waals surface area (Å²) >= 11 is 0. The number of benzene rings is 2. The van der Waals surface area contributed by atoms with Gasteiger partial charge in [0, 0.05) is 11.4 Å². The number of fused-ring (bicyclic) bond motifs is 1. The number of hydrogen-bond donors (Lipinski definition) is 2. The standard InChI is InChI=1S/C14H15NO3S/c16-13-9-8-12(13)15-19(17,18)14-7-3-5-10-4-1-2-6-11(10)14/h1-7,12-13,15-16H,8-9H2. The number of sulfonamides is 1. The molecule has 3 rings (SSSR count). The van der Waals surface area contributed by atoms with Crippen LogP contribution in [0.15, 0.2) is 47.4 Å². The van der Waals surface area contributed by atoms with Crippen LogP contribution in [0, 0.1) is 0 Å². The van der Waals surface area contributed by atoms with Gasteiger partial charge in [0.1, 0.15) is 0 Å². The lowest BCUT2D eigenvalue weighted by molar-refractivity contribution is 0.0612. The van der Waals surface area contributed by atoms with E-state index in [0.29, 0.717) is 18.2 Å². The van der Waals surface area contributed by atoms with Crippen LogP contribution in [0.2, 0.25) is 0 Å². The third kappa shape index (κ3) is 2.25. The molecule has 2 N–H and O–H groups in total. The first-order valence-corrected chi connectivity index (χ1v) is 7.74. The molecule has 2 aromatic rings. The van der Waals surface area contributed by atoms with Gasteiger partial charge < -0.3 is 5.11 Å². The molecule has 0 heterocycles. The van der Waals surface area contributed by atoms with Crippen molar-refractivity contribution in [2.45, 2.75) is 29.9 Å². The van der Waals surface area contributed by atoms with E-state index < -0.39 is 16.1 Å². The first-order valence-electron chi connectivity index (χ1n) is 6.26. The fraction of sp³-hybridized carbons (Fsp3) is 0.286. The molecule has 100 valence electrons. The van der Waals surface area contributed by atoms with Gasteiger partial charge in [-0.15, -0.1) is 0 Å². The lowest BCUT2D eigenvalue weighted by Crippen LogP contribution is -2.50. The summed E-state index contributed by atoms with van der Waals surface area (Å²) in [6, 6.07) is 12.2. The van der Waals surface area contributed by atoms with Crippen LogP contribution in [0.4, 0.5) is 0 Å². The van der Waals surface area contributed by atoms with Crippen molar-refractivity contribution in [2.75, 3.05) is 0 Å². The molecule has 0 saturated heterocycles. The third-order valence-electron chi connectivity index (χ3n) is 3.58. The van der Waals surface area contributed by atoms with Crippen molar-refractivity contribution in [3.05, 3.63) is 42.5 Å². The second kappa shape index (κ2) is 4.59. The zero-order chi connectivity index (χ0) is 13.5. The Kier molecular flexibility index (Phi) is 3.05. The quantitative estimate of drug-likeness (QED) is 0.896. The zero-order valence-corrected chi connectivity index (χ0v) is 11.1. The Morgan fingerprint density at radius 3 is 2.47 bits per heavy atom. The van der Waals surface area contributed by atoms with Crippen LogP contribution in [-0.2, 0) is 10.0 Å². The fourth-order valence-corrected chi connectivity index (χ4v) is 3.85. The molecule has 0 spiro atoms. The summed E-state index contributed by atoms with van der Waals surface area (Å²) in [4.78, 5) is 0.268. The average molecular weight is 277 g/mol. The molecule has 0 amide bonds. The van der Waals surface area contributed by atoms with Gasteiger partial charge in [0.15, 0.2) is 0 Å². The number of aliphatic hydroxyl groups excluding tert-OH is 1. The van der Waals surface area contributed by atoms with Crippen LogP contribution in [0.3, 0.4) is 0 Å². The smallest absolute Gasteiger partial charge is 0.241 e. The predicted molar refractivity (Wildman–Crippen MR) is 73.3 cm³/mol. The van der Waals surface area contributed by atoms with Gasteiger partial charge in [0.05, 0.1) is 11.0 Å². The van der Waals surface area contributed by atoms with Crippen LogP contribution in [-0.4, -0.2) is 25.7 Å². The molecular formula is C14H15NO3S. The monoisotopic (exact) mass is 277 g/mol. The summed E-state index contributed by atoms with van der Waals surface area (Å²) in [6.07, 6.45) is 0.776. The second-order valence-electron chi connectivity index (χ2n) is 4.85. The highest BCUT2D eigenvalue weighted by atomic mass is 32.2. The minimum Gasteiger partial charge on any atom is -0.391 e. The van der Waals surface area contributed by atoms with E-state index in [9.17, 15) is 13.5 Å². The van der Waals surface area contributed by atoms with Crippen molar-refractivity contribution in [2.24, 2.45) is 0 Å². The van der Waals surface area contributed by atoms with E-state index in [-0.39, 0.29) is 10.9 Å². The molecule has 0 radical (unpaired) electrons. The van der Waals surface area contributed by atoms with E-state index in [0.717, 1.165) is 5.39 Å². The summed E-state index contributed by atoms with van der Waals surface area (Å²) in [7, 11) is -3.59. The molecule has 0 aromatic heterocycles. The lowest BCUT2D eigenvalue weighted by Gasteiger charge is -2.32. The molecule has 0 bridgehead atoms. The third-order valence-corrected chi connectivity index (χ3v) is 5.13. The highest BCUT2D eigenvalue weighted by Gasteiger charge is 2.33. The van der Waals surface area contributed by atoms with Gasteiger partial charge >= 0.3 is 0 Å². The van der Waals surface area contributed by atoms with Crippen molar-refractivity contribution in [3.63, 3.8) is 0 Å². The first kappa shape index (κ1) is 12.6. The zero-order valence-electron chi connectivity index (χ0n) is 10.3.